The summed E-state index contributed by atoms with van der Waals surface area (Å²) in [6.07, 6.45) is 0.217. The third-order valence-corrected chi connectivity index (χ3v) is 5.79. The van der Waals surface area contributed by atoms with Gasteiger partial charge in [0.05, 0.1) is 10.6 Å². The molecule has 0 radical (unpaired) electrons. The fourth-order valence-electron chi connectivity index (χ4n) is 2.40. The van der Waals surface area contributed by atoms with Crippen LogP contribution in [0.25, 0.3) is 11.3 Å². The molecule has 3 rings (SSSR count). The Morgan fingerprint density at radius 1 is 1.11 bits per heavy atom. The average Bonchev–Trinajstić information content (AvgIpc) is 3.08. The van der Waals surface area contributed by atoms with E-state index in [2.05, 4.69) is 10.3 Å². The largest absolute Gasteiger partial charge is 0.302 e. The molecule has 3 aromatic rings. The third kappa shape index (κ3) is 5.02. The summed E-state index contributed by atoms with van der Waals surface area (Å²) in [5.41, 5.74) is 1.40. The lowest BCUT2D eigenvalue weighted by atomic mass is 10.1. The fraction of sp³-hybridized carbons (Fsp3) is 0.150. The monoisotopic (exact) mass is 400 g/mol. The number of Topliss-reactive ketones (excluding diaryl/α,β-unsaturated/α-hetero) is 1. The standard InChI is InChI=1S/C20H17FN2O2S2/c1-13(24)19-18(14-7-3-2-4-8-14)23-20(27-19)22-17(25)11-12-26-16-10-6-5-9-15(16)21/h2-10H,11-12H2,1H3,(H,22,23,25). The number of hydrogen-bond acceptors (Lipinski definition) is 5. The van der Waals surface area contributed by atoms with Crippen molar-refractivity contribution in [1.29, 1.82) is 0 Å². The normalized spacial score (nSPS) is 10.6. The molecule has 0 fully saturated rings. The summed E-state index contributed by atoms with van der Waals surface area (Å²) >= 11 is 2.45. The Kier molecular flexibility index (Phi) is 6.36. The van der Waals surface area contributed by atoms with Gasteiger partial charge < -0.3 is 5.32 Å². The maximum atomic E-state index is 13.6. The van der Waals surface area contributed by atoms with Crippen LogP contribution in [0.3, 0.4) is 0 Å². The molecule has 138 valence electrons. The number of thiazole rings is 1. The number of aromatic nitrogens is 1. The maximum Gasteiger partial charge on any atom is 0.226 e. The van der Waals surface area contributed by atoms with Crippen LogP contribution in [0.1, 0.15) is 23.0 Å². The molecule has 1 aromatic heterocycles. The summed E-state index contributed by atoms with van der Waals surface area (Å²) in [5, 5.41) is 3.13. The van der Waals surface area contributed by atoms with Crippen LogP contribution in [0.15, 0.2) is 59.5 Å². The molecule has 0 unspecified atom stereocenters. The van der Waals surface area contributed by atoms with E-state index in [4.69, 9.17) is 0 Å². The van der Waals surface area contributed by atoms with Crippen molar-refractivity contribution in [1.82, 2.24) is 4.98 Å². The zero-order valence-corrected chi connectivity index (χ0v) is 16.2. The number of hydrogen-bond donors (Lipinski definition) is 1. The molecule has 0 spiro atoms. The van der Waals surface area contributed by atoms with Gasteiger partial charge in [-0.05, 0) is 12.1 Å². The number of nitrogens with zero attached hydrogens (tertiary/aromatic N) is 1. The summed E-state index contributed by atoms with van der Waals surface area (Å²) < 4.78 is 13.6. The Hall–Kier alpha value is -2.51. The molecule has 1 amide bonds. The highest BCUT2D eigenvalue weighted by molar-refractivity contribution is 7.99. The van der Waals surface area contributed by atoms with E-state index >= 15 is 0 Å². The van der Waals surface area contributed by atoms with Crippen LogP contribution in [0.5, 0.6) is 0 Å². The van der Waals surface area contributed by atoms with Crippen LogP contribution < -0.4 is 5.32 Å². The fourth-order valence-corrected chi connectivity index (χ4v) is 4.19. The number of anilines is 1. The van der Waals surface area contributed by atoms with Gasteiger partial charge in [-0.2, -0.15) is 0 Å². The molecule has 7 heteroatoms. The van der Waals surface area contributed by atoms with Crippen molar-refractivity contribution < 1.29 is 14.0 Å². The van der Waals surface area contributed by atoms with E-state index in [-0.39, 0.29) is 23.9 Å². The summed E-state index contributed by atoms with van der Waals surface area (Å²) in [7, 11) is 0. The SMILES string of the molecule is CC(=O)c1sc(NC(=O)CCSc2ccccc2F)nc1-c1ccccc1. The first-order chi connectivity index (χ1) is 13.0. The first kappa shape index (κ1) is 19.3. The number of carbonyl (C=O) groups excluding carboxylic acids is 2. The zero-order chi connectivity index (χ0) is 19.2. The van der Waals surface area contributed by atoms with Crippen molar-refractivity contribution in [2.75, 3.05) is 11.1 Å². The highest BCUT2D eigenvalue weighted by Crippen LogP contribution is 2.31. The molecule has 0 atom stereocenters. The quantitative estimate of drug-likeness (QED) is 0.433. The number of rotatable bonds is 7. The van der Waals surface area contributed by atoms with E-state index in [1.165, 1.54) is 24.8 Å². The third-order valence-electron chi connectivity index (χ3n) is 3.66. The van der Waals surface area contributed by atoms with Gasteiger partial charge in [-0.25, -0.2) is 9.37 Å². The molecule has 0 aliphatic heterocycles. The van der Waals surface area contributed by atoms with E-state index in [1.807, 2.05) is 30.3 Å². The first-order valence-electron chi connectivity index (χ1n) is 8.29. The zero-order valence-electron chi connectivity index (χ0n) is 14.6. The lowest BCUT2D eigenvalue weighted by Gasteiger charge is -2.03. The van der Waals surface area contributed by atoms with Crippen LogP contribution in [-0.4, -0.2) is 22.4 Å². The number of halogens is 1. The molecule has 0 saturated carbocycles. The van der Waals surface area contributed by atoms with E-state index in [0.29, 0.717) is 26.4 Å². The minimum absolute atomic E-state index is 0.0954. The predicted octanol–water partition coefficient (Wildman–Crippen LogP) is 5.27. The molecular formula is C20H17FN2O2S2. The van der Waals surface area contributed by atoms with Gasteiger partial charge in [0.1, 0.15) is 5.82 Å². The van der Waals surface area contributed by atoms with Gasteiger partial charge in [0.15, 0.2) is 10.9 Å². The molecule has 0 saturated heterocycles. The minimum Gasteiger partial charge on any atom is -0.302 e. The van der Waals surface area contributed by atoms with Gasteiger partial charge in [-0.3, -0.25) is 9.59 Å². The number of carbonyl (C=O) groups is 2. The van der Waals surface area contributed by atoms with Crippen LogP contribution in [0.4, 0.5) is 9.52 Å². The maximum absolute atomic E-state index is 13.6. The van der Waals surface area contributed by atoms with Crippen molar-refractivity contribution in [2.24, 2.45) is 0 Å². The second kappa shape index (κ2) is 8.92. The van der Waals surface area contributed by atoms with Crippen molar-refractivity contribution in [3.8, 4) is 11.3 Å². The summed E-state index contributed by atoms with van der Waals surface area (Å²) in [6, 6.07) is 15.8. The van der Waals surface area contributed by atoms with Crippen molar-refractivity contribution >= 4 is 39.9 Å². The summed E-state index contributed by atoms with van der Waals surface area (Å²) in [5.74, 6) is -0.158. The molecule has 27 heavy (non-hydrogen) atoms. The Labute approximate surface area is 164 Å². The Morgan fingerprint density at radius 2 is 1.81 bits per heavy atom. The Morgan fingerprint density at radius 3 is 2.52 bits per heavy atom. The average molecular weight is 401 g/mol. The highest BCUT2D eigenvalue weighted by Gasteiger charge is 2.17. The topological polar surface area (TPSA) is 59.1 Å². The molecule has 0 bridgehead atoms. The molecule has 0 aliphatic rings. The van der Waals surface area contributed by atoms with E-state index < -0.39 is 0 Å². The van der Waals surface area contributed by atoms with E-state index in [1.54, 1.807) is 18.2 Å². The Bertz CT molecular complexity index is 958. The van der Waals surface area contributed by atoms with Gasteiger partial charge in [-0.1, -0.05) is 53.8 Å². The molecule has 1 N–H and O–H groups in total. The summed E-state index contributed by atoms with van der Waals surface area (Å²) in [4.78, 5) is 29.5. The van der Waals surface area contributed by atoms with Crippen LogP contribution >= 0.6 is 23.1 Å². The number of ketones is 1. The van der Waals surface area contributed by atoms with Crippen molar-refractivity contribution in [3.63, 3.8) is 0 Å². The van der Waals surface area contributed by atoms with E-state index in [0.717, 1.165) is 16.9 Å². The lowest BCUT2D eigenvalue weighted by Crippen LogP contribution is -2.12. The van der Waals surface area contributed by atoms with Crippen molar-refractivity contribution in [3.05, 3.63) is 65.3 Å². The second-order valence-electron chi connectivity index (χ2n) is 5.70. The summed E-state index contributed by atoms with van der Waals surface area (Å²) in [6.45, 7) is 1.48. The molecular weight excluding hydrogens is 383 g/mol. The van der Waals surface area contributed by atoms with Gasteiger partial charge in [0.2, 0.25) is 5.91 Å². The van der Waals surface area contributed by atoms with Gasteiger partial charge >= 0.3 is 0 Å². The van der Waals surface area contributed by atoms with Crippen molar-refractivity contribution in [2.45, 2.75) is 18.2 Å². The van der Waals surface area contributed by atoms with Gasteiger partial charge in [-0.15, -0.1) is 11.8 Å². The number of nitrogens with one attached hydrogen (secondary N) is 1. The van der Waals surface area contributed by atoms with Gasteiger partial charge in [0, 0.05) is 29.6 Å². The lowest BCUT2D eigenvalue weighted by molar-refractivity contribution is -0.115. The minimum atomic E-state index is -0.290. The molecule has 4 nitrogen and oxygen atoms in total. The van der Waals surface area contributed by atoms with Gasteiger partial charge in [0.25, 0.3) is 0 Å². The molecule has 2 aromatic carbocycles. The van der Waals surface area contributed by atoms with Crippen LogP contribution in [-0.2, 0) is 4.79 Å². The number of benzene rings is 2. The highest BCUT2D eigenvalue weighted by atomic mass is 32.2. The van der Waals surface area contributed by atoms with E-state index in [9.17, 15) is 14.0 Å². The molecule has 1 heterocycles. The Balaban J connectivity index is 1.64. The number of amides is 1. The smallest absolute Gasteiger partial charge is 0.226 e. The molecule has 0 aliphatic carbocycles. The van der Waals surface area contributed by atoms with Crippen LogP contribution in [0.2, 0.25) is 0 Å². The predicted molar refractivity (Wildman–Crippen MR) is 108 cm³/mol. The second-order valence-corrected chi connectivity index (χ2v) is 7.83. The first-order valence-corrected chi connectivity index (χ1v) is 10.1. The number of thioether (sulfide) groups is 1. The van der Waals surface area contributed by atoms with Crippen LogP contribution in [0, 0.1) is 5.82 Å².